The number of nitrogens with zero attached hydrogens (tertiary/aromatic N) is 1. The van der Waals surface area contributed by atoms with E-state index in [0.717, 1.165) is 12.1 Å². The first-order chi connectivity index (χ1) is 12.0. The van der Waals surface area contributed by atoms with Gasteiger partial charge in [-0.2, -0.15) is 0 Å². The molecule has 0 saturated heterocycles. The van der Waals surface area contributed by atoms with Gasteiger partial charge in [0.25, 0.3) is 0 Å². The predicted molar refractivity (Wildman–Crippen MR) is 108 cm³/mol. The van der Waals surface area contributed by atoms with E-state index >= 15 is 0 Å². The van der Waals surface area contributed by atoms with Crippen molar-refractivity contribution in [3.8, 4) is 0 Å². The predicted octanol–water partition coefficient (Wildman–Crippen LogP) is 5.37. The molecule has 1 aliphatic heterocycles. The molecular formula is C19H20Cl2N2OS. The molecule has 0 fully saturated rings. The van der Waals surface area contributed by atoms with Gasteiger partial charge in [0.05, 0.1) is 12.5 Å². The summed E-state index contributed by atoms with van der Waals surface area (Å²) in [5.74, 6) is 0.0522. The van der Waals surface area contributed by atoms with E-state index in [1.807, 2.05) is 11.2 Å². The molecule has 3 rings (SSSR count). The SMILES string of the molecule is CSNc1ccc2c(c1)C(C)N(C(=O)Cc1c(Cl)cccc1Cl)CC2. The number of carbonyl (C=O) groups is 1. The molecule has 2 aromatic carbocycles. The van der Waals surface area contributed by atoms with Crippen LogP contribution in [-0.4, -0.2) is 23.6 Å². The Balaban J connectivity index is 1.82. The van der Waals surface area contributed by atoms with Crippen LogP contribution in [0.3, 0.4) is 0 Å². The van der Waals surface area contributed by atoms with E-state index in [2.05, 4.69) is 29.8 Å². The fraction of sp³-hybridized carbons (Fsp3) is 0.316. The smallest absolute Gasteiger partial charge is 0.227 e. The van der Waals surface area contributed by atoms with Crippen molar-refractivity contribution < 1.29 is 4.79 Å². The van der Waals surface area contributed by atoms with E-state index in [-0.39, 0.29) is 18.4 Å². The van der Waals surface area contributed by atoms with Crippen LogP contribution in [0.25, 0.3) is 0 Å². The maximum Gasteiger partial charge on any atom is 0.227 e. The number of nitrogens with one attached hydrogen (secondary N) is 1. The first kappa shape index (κ1) is 18.4. The molecule has 3 nitrogen and oxygen atoms in total. The third kappa shape index (κ3) is 3.91. The number of anilines is 1. The molecule has 1 unspecified atom stereocenters. The van der Waals surface area contributed by atoms with Crippen LogP contribution in [0.4, 0.5) is 5.69 Å². The molecule has 0 saturated carbocycles. The molecular weight excluding hydrogens is 375 g/mol. The Hall–Kier alpha value is -1.36. The van der Waals surface area contributed by atoms with Crippen LogP contribution in [0.5, 0.6) is 0 Å². The van der Waals surface area contributed by atoms with Gasteiger partial charge in [-0.15, -0.1) is 0 Å². The van der Waals surface area contributed by atoms with Gasteiger partial charge in [-0.3, -0.25) is 4.79 Å². The Kier molecular flexibility index (Phi) is 5.82. The molecule has 132 valence electrons. The number of hydrogen-bond acceptors (Lipinski definition) is 3. The average Bonchev–Trinajstić information content (AvgIpc) is 2.59. The van der Waals surface area contributed by atoms with Crippen molar-refractivity contribution in [2.75, 3.05) is 17.5 Å². The fourth-order valence-electron chi connectivity index (χ4n) is 3.29. The molecule has 2 aromatic rings. The fourth-order valence-corrected chi connectivity index (χ4v) is 4.18. The molecule has 0 aromatic heterocycles. The summed E-state index contributed by atoms with van der Waals surface area (Å²) < 4.78 is 3.26. The Morgan fingerprint density at radius 3 is 2.68 bits per heavy atom. The highest BCUT2D eigenvalue weighted by molar-refractivity contribution is 7.99. The minimum atomic E-state index is 0.0288. The van der Waals surface area contributed by atoms with Crippen LogP contribution >= 0.6 is 35.1 Å². The van der Waals surface area contributed by atoms with Crippen LogP contribution in [0.15, 0.2) is 36.4 Å². The third-order valence-electron chi connectivity index (χ3n) is 4.62. The Morgan fingerprint density at radius 2 is 2.00 bits per heavy atom. The molecule has 0 aliphatic carbocycles. The molecule has 1 N–H and O–H groups in total. The molecule has 1 amide bonds. The Bertz CT molecular complexity index is 777. The second-order valence-electron chi connectivity index (χ2n) is 6.11. The highest BCUT2D eigenvalue weighted by Crippen LogP contribution is 2.33. The van der Waals surface area contributed by atoms with Gasteiger partial charge in [0.1, 0.15) is 0 Å². The average molecular weight is 395 g/mol. The molecule has 1 aliphatic rings. The molecule has 1 heterocycles. The van der Waals surface area contributed by atoms with E-state index in [1.165, 1.54) is 11.1 Å². The van der Waals surface area contributed by atoms with Gasteiger partial charge >= 0.3 is 0 Å². The minimum absolute atomic E-state index is 0.0288. The maximum absolute atomic E-state index is 12.9. The highest BCUT2D eigenvalue weighted by atomic mass is 35.5. The Labute approximate surface area is 162 Å². The summed E-state index contributed by atoms with van der Waals surface area (Å²) in [5.41, 5.74) is 4.26. The summed E-state index contributed by atoms with van der Waals surface area (Å²) in [6.45, 7) is 2.79. The number of benzene rings is 2. The summed E-state index contributed by atoms with van der Waals surface area (Å²) >= 11 is 14.0. The van der Waals surface area contributed by atoms with Gasteiger partial charge in [-0.1, -0.05) is 47.3 Å². The van der Waals surface area contributed by atoms with Gasteiger partial charge in [0, 0.05) is 28.5 Å². The third-order valence-corrected chi connectivity index (χ3v) is 5.76. The van der Waals surface area contributed by atoms with Crippen molar-refractivity contribution in [1.82, 2.24) is 4.90 Å². The van der Waals surface area contributed by atoms with E-state index in [0.29, 0.717) is 22.2 Å². The highest BCUT2D eigenvalue weighted by Gasteiger charge is 2.28. The number of hydrogen-bond donors (Lipinski definition) is 1. The van der Waals surface area contributed by atoms with E-state index in [1.54, 1.807) is 30.1 Å². The summed E-state index contributed by atoms with van der Waals surface area (Å²) in [6, 6.07) is 11.7. The second-order valence-corrected chi connectivity index (χ2v) is 7.54. The van der Waals surface area contributed by atoms with Crippen molar-refractivity contribution in [2.24, 2.45) is 0 Å². The number of amides is 1. The number of carbonyl (C=O) groups excluding carboxylic acids is 1. The van der Waals surface area contributed by atoms with Crippen LogP contribution in [0, 0.1) is 0 Å². The zero-order valence-electron chi connectivity index (χ0n) is 14.2. The van der Waals surface area contributed by atoms with E-state index in [9.17, 15) is 4.79 Å². The molecule has 0 radical (unpaired) electrons. The number of fused-ring (bicyclic) bond motifs is 1. The zero-order chi connectivity index (χ0) is 18.0. The van der Waals surface area contributed by atoms with E-state index < -0.39 is 0 Å². The summed E-state index contributed by atoms with van der Waals surface area (Å²) in [5, 5.41) is 1.08. The monoisotopic (exact) mass is 394 g/mol. The van der Waals surface area contributed by atoms with Crippen molar-refractivity contribution in [1.29, 1.82) is 0 Å². The second kappa shape index (κ2) is 7.90. The lowest BCUT2D eigenvalue weighted by Gasteiger charge is -2.36. The number of rotatable bonds is 4. The summed E-state index contributed by atoms with van der Waals surface area (Å²) in [6.07, 6.45) is 3.08. The van der Waals surface area contributed by atoms with Crippen LogP contribution in [-0.2, 0) is 17.6 Å². The normalized spacial score (nSPS) is 16.5. The standard InChI is InChI=1S/C19H20Cl2N2OS/c1-12-15-10-14(22-25-2)7-6-13(15)8-9-23(12)19(24)11-16-17(20)4-3-5-18(16)21/h3-7,10,12,22H,8-9,11H2,1-2H3. The zero-order valence-corrected chi connectivity index (χ0v) is 16.5. The number of halogens is 2. The summed E-state index contributed by atoms with van der Waals surface area (Å²) in [4.78, 5) is 14.8. The first-order valence-corrected chi connectivity index (χ1v) is 10.1. The van der Waals surface area contributed by atoms with Crippen molar-refractivity contribution >= 4 is 46.7 Å². The van der Waals surface area contributed by atoms with Crippen molar-refractivity contribution in [3.05, 3.63) is 63.1 Å². The van der Waals surface area contributed by atoms with Gasteiger partial charge in [-0.05, 0) is 54.3 Å². The molecule has 0 bridgehead atoms. The lowest BCUT2D eigenvalue weighted by molar-refractivity contribution is -0.133. The van der Waals surface area contributed by atoms with Crippen LogP contribution in [0.2, 0.25) is 10.0 Å². The topological polar surface area (TPSA) is 32.3 Å². The molecule has 6 heteroatoms. The van der Waals surface area contributed by atoms with Gasteiger partial charge in [-0.25, -0.2) is 0 Å². The largest absolute Gasteiger partial charge is 0.335 e. The molecule has 0 spiro atoms. The van der Waals surface area contributed by atoms with Crippen LogP contribution in [0.1, 0.15) is 29.7 Å². The van der Waals surface area contributed by atoms with Gasteiger partial charge in [0.2, 0.25) is 5.91 Å². The lowest BCUT2D eigenvalue weighted by Crippen LogP contribution is -2.39. The van der Waals surface area contributed by atoms with Crippen LogP contribution < -0.4 is 4.72 Å². The minimum Gasteiger partial charge on any atom is -0.335 e. The van der Waals surface area contributed by atoms with Gasteiger partial charge in [0.15, 0.2) is 0 Å². The van der Waals surface area contributed by atoms with E-state index in [4.69, 9.17) is 23.2 Å². The molecule has 25 heavy (non-hydrogen) atoms. The summed E-state index contributed by atoms with van der Waals surface area (Å²) in [7, 11) is 0. The van der Waals surface area contributed by atoms with Crippen molar-refractivity contribution in [3.63, 3.8) is 0 Å². The molecule has 1 atom stereocenters. The first-order valence-electron chi connectivity index (χ1n) is 8.15. The Morgan fingerprint density at radius 1 is 1.28 bits per heavy atom. The maximum atomic E-state index is 12.9. The quantitative estimate of drug-likeness (QED) is 0.707. The lowest BCUT2D eigenvalue weighted by atomic mass is 9.92. The van der Waals surface area contributed by atoms with Crippen molar-refractivity contribution in [2.45, 2.75) is 25.8 Å². The van der Waals surface area contributed by atoms with Gasteiger partial charge < -0.3 is 9.62 Å².